The summed E-state index contributed by atoms with van der Waals surface area (Å²) in [5.74, 6) is -0.951. The fourth-order valence-electron chi connectivity index (χ4n) is 2.66. The Hall–Kier alpha value is -1.10. The monoisotopic (exact) mass is 271 g/mol. The zero-order valence-corrected chi connectivity index (χ0v) is 12.3. The molecular formula is C14H25NO4. The second kappa shape index (κ2) is 6.37. The van der Waals surface area contributed by atoms with Crippen LogP contribution >= 0.6 is 0 Å². The second-order valence-corrected chi connectivity index (χ2v) is 5.53. The lowest BCUT2D eigenvalue weighted by Crippen LogP contribution is -2.50. The van der Waals surface area contributed by atoms with E-state index in [2.05, 4.69) is 0 Å². The van der Waals surface area contributed by atoms with Crippen LogP contribution in [0, 0.1) is 5.41 Å². The molecule has 1 N–H and O–H groups in total. The molecule has 110 valence electrons. The molecule has 1 aliphatic heterocycles. The number of amides is 1. The number of carboxylic acids is 1. The normalized spacial score (nSPS) is 24.3. The number of hydrogen-bond acceptors (Lipinski definition) is 3. The van der Waals surface area contributed by atoms with Crippen LogP contribution in [-0.4, -0.2) is 47.2 Å². The highest BCUT2D eigenvalue weighted by atomic mass is 16.5. The van der Waals surface area contributed by atoms with Crippen LogP contribution < -0.4 is 0 Å². The summed E-state index contributed by atoms with van der Waals surface area (Å²) in [6.45, 7) is 8.61. The number of aliphatic carboxylic acids is 1. The van der Waals surface area contributed by atoms with E-state index in [1.54, 1.807) is 4.90 Å². The summed E-state index contributed by atoms with van der Waals surface area (Å²) in [6.07, 6.45) is 1.04. The Morgan fingerprint density at radius 2 is 1.68 bits per heavy atom. The van der Waals surface area contributed by atoms with E-state index in [1.807, 2.05) is 27.7 Å². The van der Waals surface area contributed by atoms with Gasteiger partial charge in [-0.1, -0.05) is 13.8 Å². The van der Waals surface area contributed by atoms with Gasteiger partial charge in [-0.05, 0) is 26.7 Å². The standard InChI is InChI=1S/C14H25NO4/c1-5-14(6-2,13(17)18)7-12(16)15-8-10(3)19-11(4)9-15/h10-11H,5-9H2,1-4H3,(H,17,18)/t10-,11+. The van der Waals surface area contributed by atoms with Crippen LogP contribution in [0.3, 0.4) is 0 Å². The van der Waals surface area contributed by atoms with Crippen molar-refractivity contribution in [2.75, 3.05) is 13.1 Å². The summed E-state index contributed by atoms with van der Waals surface area (Å²) in [6, 6.07) is 0. The molecule has 19 heavy (non-hydrogen) atoms. The third-order valence-electron chi connectivity index (χ3n) is 4.07. The zero-order valence-electron chi connectivity index (χ0n) is 12.3. The van der Waals surface area contributed by atoms with E-state index in [-0.39, 0.29) is 24.5 Å². The molecule has 0 spiro atoms. The van der Waals surface area contributed by atoms with Crippen LogP contribution in [0.2, 0.25) is 0 Å². The van der Waals surface area contributed by atoms with Crippen LogP contribution in [0.5, 0.6) is 0 Å². The van der Waals surface area contributed by atoms with E-state index in [1.165, 1.54) is 0 Å². The third-order valence-corrected chi connectivity index (χ3v) is 4.07. The Bertz CT molecular complexity index is 328. The number of carbonyl (C=O) groups is 2. The lowest BCUT2D eigenvalue weighted by molar-refractivity contribution is -0.157. The Morgan fingerprint density at radius 1 is 1.21 bits per heavy atom. The molecule has 0 radical (unpaired) electrons. The van der Waals surface area contributed by atoms with Crippen molar-refractivity contribution in [3.8, 4) is 0 Å². The van der Waals surface area contributed by atoms with Crippen molar-refractivity contribution in [3.05, 3.63) is 0 Å². The molecule has 1 rings (SSSR count). The molecule has 2 atom stereocenters. The zero-order chi connectivity index (χ0) is 14.6. The molecular weight excluding hydrogens is 246 g/mol. The Kier molecular flexibility index (Phi) is 5.35. The topological polar surface area (TPSA) is 66.8 Å². The molecule has 1 heterocycles. The highest BCUT2D eigenvalue weighted by Gasteiger charge is 2.39. The van der Waals surface area contributed by atoms with E-state index in [0.717, 1.165) is 0 Å². The van der Waals surface area contributed by atoms with Crippen molar-refractivity contribution >= 4 is 11.9 Å². The predicted octanol–water partition coefficient (Wildman–Crippen LogP) is 1.90. The minimum atomic E-state index is -0.929. The molecule has 1 fully saturated rings. The van der Waals surface area contributed by atoms with Crippen LogP contribution in [0.1, 0.15) is 47.0 Å². The van der Waals surface area contributed by atoms with Crippen LogP contribution in [0.25, 0.3) is 0 Å². The van der Waals surface area contributed by atoms with Gasteiger partial charge in [0.15, 0.2) is 0 Å². The summed E-state index contributed by atoms with van der Waals surface area (Å²) >= 11 is 0. The molecule has 0 aliphatic carbocycles. The van der Waals surface area contributed by atoms with Crippen molar-refractivity contribution < 1.29 is 19.4 Å². The van der Waals surface area contributed by atoms with Crippen molar-refractivity contribution in [1.82, 2.24) is 4.90 Å². The minimum absolute atomic E-state index is 0.00943. The van der Waals surface area contributed by atoms with Gasteiger partial charge in [0.2, 0.25) is 5.91 Å². The van der Waals surface area contributed by atoms with Gasteiger partial charge in [-0.25, -0.2) is 0 Å². The van der Waals surface area contributed by atoms with E-state index >= 15 is 0 Å². The van der Waals surface area contributed by atoms with E-state index in [0.29, 0.717) is 25.9 Å². The van der Waals surface area contributed by atoms with Gasteiger partial charge in [0, 0.05) is 19.5 Å². The fourth-order valence-corrected chi connectivity index (χ4v) is 2.66. The lowest BCUT2D eigenvalue weighted by Gasteiger charge is -2.37. The van der Waals surface area contributed by atoms with Gasteiger partial charge in [0.1, 0.15) is 0 Å². The van der Waals surface area contributed by atoms with Crippen LogP contribution in [-0.2, 0) is 14.3 Å². The van der Waals surface area contributed by atoms with Gasteiger partial charge in [0.05, 0.1) is 17.6 Å². The highest BCUT2D eigenvalue weighted by Crippen LogP contribution is 2.32. The number of carbonyl (C=O) groups excluding carboxylic acids is 1. The summed E-state index contributed by atoms with van der Waals surface area (Å²) in [4.78, 5) is 25.5. The molecule has 1 saturated heterocycles. The predicted molar refractivity (Wildman–Crippen MR) is 71.9 cm³/mol. The van der Waals surface area contributed by atoms with Crippen molar-refractivity contribution in [2.45, 2.75) is 59.2 Å². The Labute approximate surface area is 114 Å². The van der Waals surface area contributed by atoms with E-state index < -0.39 is 11.4 Å². The number of morpholine rings is 1. The first kappa shape index (κ1) is 16.0. The first-order valence-electron chi connectivity index (χ1n) is 7.01. The maximum atomic E-state index is 12.3. The molecule has 5 nitrogen and oxygen atoms in total. The van der Waals surface area contributed by atoms with E-state index in [9.17, 15) is 14.7 Å². The highest BCUT2D eigenvalue weighted by molar-refractivity contribution is 5.85. The van der Waals surface area contributed by atoms with Gasteiger partial charge in [0.25, 0.3) is 0 Å². The molecule has 0 aromatic carbocycles. The minimum Gasteiger partial charge on any atom is -0.481 e. The molecule has 0 bridgehead atoms. The quantitative estimate of drug-likeness (QED) is 0.829. The number of rotatable bonds is 5. The SMILES string of the molecule is CCC(CC)(CC(=O)N1C[C@@H](C)O[C@@H](C)C1)C(=O)O. The Morgan fingerprint density at radius 3 is 2.05 bits per heavy atom. The number of hydrogen-bond donors (Lipinski definition) is 1. The summed E-state index contributed by atoms with van der Waals surface area (Å²) in [5, 5.41) is 9.38. The van der Waals surface area contributed by atoms with Crippen molar-refractivity contribution in [2.24, 2.45) is 5.41 Å². The van der Waals surface area contributed by atoms with Crippen molar-refractivity contribution in [3.63, 3.8) is 0 Å². The maximum Gasteiger partial charge on any atom is 0.310 e. The summed E-state index contributed by atoms with van der Waals surface area (Å²) in [5.41, 5.74) is -0.929. The van der Waals surface area contributed by atoms with Gasteiger partial charge in [-0.2, -0.15) is 0 Å². The van der Waals surface area contributed by atoms with E-state index in [4.69, 9.17) is 4.74 Å². The van der Waals surface area contributed by atoms with Crippen LogP contribution in [0.15, 0.2) is 0 Å². The average molecular weight is 271 g/mol. The number of nitrogens with zero attached hydrogens (tertiary/aromatic N) is 1. The van der Waals surface area contributed by atoms with Gasteiger partial charge in [-0.15, -0.1) is 0 Å². The molecule has 0 aromatic heterocycles. The molecule has 0 saturated carbocycles. The molecule has 5 heteroatoms. The molecule has 1 aliphatic rings. The van der Waals surface area contributed by atoms with Gasteiger partial charge >= 0.3 is 5.97 Å². The molecule has 1 amide bonds. The number of carboxylic acid groups (broad SMARTS) is 1. The summed E-state index contributed by atoms with van der Waals surface area (Å²) in [7, 11) is 0. The Balaban J connectivity index is 2.74. The lowest BCUT2D eigenvalue weighted by atomic mass is 9.79. The van der Waals surface area contributed by atoms with Gasteiger partial charge in [-0.3, -0.25) is 9.59 Å². The second-order valence-electron chi connectivity index (χ2n) is 5.53. The molecule has 0 unspecified atom stereocenters. The number of ether oxygens (including phenoxy) is 1. The smallest absolute Gasteiger partial charge is 0.310 e. The first-order valence-corrected chi connectivity index (χ1v) is 7.01. The first-order chi connectivity index (χ1) is 8.84. The average Bonchev–Trinajstić information content (AvgIpc) is 2.34. The van der Waals surface area contributed by atoms with Gasteiger partial charge < -0.3 is 14.7 Å². The fraction of sp³-hybridized carbons (Fsp3) is 0.857. The third kappa shape index (κ3) is 3.69. The summed E-state index contributed by atoms with van der Waals surface area (Å²) < 4.78 is 5.59. The largest absolute Gasteiger partial charge is 0.481 e. The van der Waals surface area contributed by atoms with Crippen molar-refractivity contribution in [1.29, 1.82) is 0 Å². The molecule has 0 aromatic rings. The van der Waals surface area contributed by atoms with Crippen LogP contribution in [0.4, 0.5) is 0 Å². The maximum absolute atomic E-state index is 12.3.